The molecule has 180 valence electrons. The molecule has 11 nitrogen and oxygen atoms in total. The first-order valence-electron chi connectivity index (χ1n) is 10.6. The molecule has 0 radical (unpaired) electrons. The van der Waals surface area contributed by atoms with E-state index in [1.807, 2.05) is 13.0 Å². The van der Waals surface area contributed by atoms with Gasteiger partial charge in [0.15, 0.2) is 0 Å². The lowest BCUT2D eigenvalue weighted by molar-refractivity contribution is -0.385. The standard InChI is InChI=1S/C23H19ClN4O7/c1-13-2-9-18-19(10-13)23(31)26(22(18)30)25(12-15-3-6-16(24)11-20(15)28(34)35)21(29)14-4-7-17(8-5-14)27(32)33/h2-8,11,18-19H,9-10,12H2,1H3/t18-,19-/m1/s1. The lowest BCUT2D eigenvalue weighted by Crippen LogP contribution is -2.49. The maximum atomic E-state index is 13.5. The number of nitro benzene ring substituents is 2. The van der Waals surface area contributed by atoms with E-state index in [1.165, 1.54) is 24.3 Å². The molecular formula is C23H19ClN4O7. The van der Waals surface area contributed by atoms with Gasteiger partial charge in [0, 0.05) is 28.8 Å². The highest BCUT2D eigenvalue weighted by Crippen LogP contribution is 2.39. The van der Waals surface area contributed by atoms with Gasteiger partial charge in [-0.25, -0.2) is 5.01 Å². The second-order valence-corrected chi connectivity index (χ2v) is 8.82. The van der Waals surface area contributed by atoms with E-state index >= 15 is 0 Å². The Morgan fingerprint density at radius 1 is 1.06 bits per heavy atom. The number of non-ortho nitro benzene ring substituents is 1. The van der Waals surface area contributed by atoms with E-state index in [2.05, 4.69) is 0 Å². The third-order valence-corrected chi connectivity index (χ3v) is 6.40. The molecule has 3 amide bonds. The first-order valence-corrected chi connectivity index (χ1v) is 11.0. The topological polar surface area (TPSA) is 144 Å². The van der Waals surface area contributed by atoms with Crippen LogP contribution in [-0.2, 0) is 16.1 Å². The van der Waals surface area contributed by atoms with Crippen molar-refractivity contribution in [3.63, 3.8) is 0 Å². The molecule has 1 heterocycles. The van der Waals surface area contributed by atoms with Crippen LogP contribution >= 0.6 is 11.6 Å². The summed E-state index contributed by atoms with van der Waals surface area (Å²) in [5.74, 6) is -3.23. The monoisotopic (exact) mass is 498 g/mol. The summed E-state index contributed by atoms with van der Waals surface area (Å²) in [6.45, 7) is 1.39. The van der Waals surface area contributed by atoms with Gasteiger partial charge in [0.05, 0.1) is 33.8 Å². The van der Waals surface area contributed by atoms with Gasteiger partial charge >= 0.3 is 0 Å². The number of amides is 3. The van der Waals surface area contributed by atoms with Gasteiger partial charge in [-0.2, -0.15) is 5.01 Å². The van der Waals surface area contributed by atoms with Crippen LogP contribution in [0.5, 0.6) is 0 Å². The maximum absolute atomic E-state index is 13.5. The van der Waals surface area contributed by atoms with Crippen LogP contribution in [0, 0.1) is 32.1 Å². The first kappa shape index (κ1) is 24.0. The molecule has 1 saturated heterocycles. The molecule has 4 rings (SSSR count). The molecule has 0 aromatic heterocycles. The van der Waals surface area contributed by atoms with Gasteiger partial charge in [0.2, 0.25) is 0 Å². The third kappa shape index (κ3) is 4.50. The van der Waals surface area contributed by atoms with E-state index in [9.17, 15) is 34.6 Å². The van der Waals surface area contributed by atoms with Crippen LogP contribution in [0.3, 0.4) is 0 Å². The Balaban J connectivity index is 1.76. The van der Waals surface area contributed by atoms with Crippen molar-refractivity contribution in [3.8, 4) is 0 Å². The number of nitro groups is 2. The molecule has 0 saturated carbocycles. The fraction of sp³-hybridized carbons (Fsp3) is 0.261. The Morgan fingerprint density at radius 2 is 1.71 bits per heavy atom. The summed E-state index contributed by atoms with van der Waals surface area (Å²) < 4.78 is 0. The minimum Gasteiger partial charge on any atom is -0.272 e. The van der Waals surface area contributed by atoms with E-state index in [-0.39, 0.29) is 27.5 Å². The van der Waals surface area contributed by atoms with Gasteiger partial charge in [-0.15, -0.1) is 0 Å². The highest BCUT2D eigenvalue weighted by Gasteiger charge is 2.51. The van der Waals surface area contributed by atoms with E-state index in [4.69, 9.17) is 11.6 Å². The number of rotatable bonds is 6. The predicted octanol–water partition coefficient (Wildman–Crippen LogP) is 4.06. The minimum atomic E-state index is -0.811. The van der Waals surface area contributed by atoms with Gasteiger partial charge in [-0.1, -0.05) is 23.3 Å². The van der Waals surface area contributed by atoms with Crippen molar-refractivity contribution >= 4 is 40.7 Å². The fourth-order valence-corrected chi connectivity index (χ4v) is 4.53. The molecule has 1 fully saturated rings. The minimum absolute atomic E-state index is 0.0306. The first-order chi connectivity index (χ1) is 16.6. The van der Waals surface area contributed by atoms with Gasteiger partial charge < -0.3 is 0 Å². The maximum Gasteiger partial charge on any atom is 0.275 e. The van der Waals surface area contributed by atoms with Gasteiger partial charge in [0.1, 0.15) is 0 Å². The van der Waals surface area contributed by atoms with Gasteiger partial charge in [-0.05, 0) is 44.0 Å². The Morgan fingerprint density at radius 3 is 2.34 bits per heavy atom. The molecule has 0 bridgehead atoms. The Kier molecular flexibility index (Phi) is 6.35. The molecule has 0 N–H and O–H groups in total. The quantitative estimate of drug-likeness (QED) is 0.253. The fourth-order valence-electron chi connectivity index (χ4n) is 4.37. The molecule has 0 spiro atoms. The largest absolute Gasteiger partial charge is 0.275 e. The number of carbonyl (C=O) groups excluding carboxylic acids is 3. The van der Waals surface area contributed by atoms with Crippen LogP contribution in [0.4, 0.5) is 11.4 Å². The normalized spacial score (nSPS) is 19.3. The van der Waals surface area contributed by atoms with E-state index in [0.717, 1.165) is 33.8 Å². The van der Waals surface area contributed by atoms with E-state index in [0.29, 0.717) is 12.8 Å². The average Bonchev–Trinajstić information content (AvgIpc) is 3.07. The van der Waals surface area contributed by atoms with Crippen molar-refractivity contribution in [2.24, 2.45) is 11.8 Å². The van der Waals surface area contributed by atoms with Crippen LogP contribution in [-0.4, -0.2) is 37.6 Å². The molecule has 0 unspecified atom stereocenters. The number of fused-ring (bicyclic) bond motifs is 1. The molecule has 2 aliphatic rings. The van der Waals surface area contributed by atoms with Crippen molar-refractivity contribution in [3.05, 3.63) is 90.5 Å². The molecular weight excluding hydrogens is 480 g/mol. The zero-order valence-corrected chi connectivity index (χ0v) is 19.2. The molecule has 2 aromatic carbocycles. The van der Waals surface area contributed by atoms with Crippen LogP contribution < -0.4 is 0 Å². The van der Waals surface area contributed by atoms with Crippen LogP contribution in [0.1, 0.15) is 35.7 Å². The highest BCUT2D eigenvalue weighted by atomic mass is 35.5. The molecule has 1 aliphatic heterocycles. The average molecular weight is 499 g/mol. The zero-order chi connectivity index (χ0) is 25.4. The third-order valence-electron chi connectivity index (χ3n) is 6.16. The number of allylic oxidation sites excluding steroid dienone is 2. The van der Waals surface area contributed by atoms with Crippen LogP contribution in [0.2, 0.25) is 5.02 Å². The number of hydrogen-bond donors (Lipinski definition) is 0. The summed E-state index contributed by atoms with van der Waals surface area (Å²) in [5, 5.41) is 24.3. The van der Waals surface area contributed by atoms with Gasteiger partial charge in [-0.3, -0.25) is 34.6 Å². The summed E-state index contributed by atoms with van der Waals surface area (Å²) in [7, 11) is 0. The van der Waals surface area contributed by atoms with E-state index < -0.39 is 45.9 Å². The Hall–Kier alpha value is -4.12. The molecule has 2 aromatic rings. The number of carbonyl (C=O) groups is 3. The van der Waals surface area contributed by atoms with Crippen molar-refractivity contribution in [1.29, 1.82) is 0 Å². The number of benzene rings is 2. The van der Waals surface area contributed by atoms with Crippen LogP contribution in [0.15, 0.2) is 54.1 Å². The number of halogens is 1. The molecule has 12 heteroatoms. The van der Waals surface area contributed by atoms with Crippen molar-refractivity contribution < 1.29 is 24.2 Å². The number of hydrogen-bond acceptors (Lipinski definition) is 7. The number of nitrogens with zero attached hydrogens (tertiary/aromatic N) is 4. The summed E-state index contributed by atoms with van der Waals surface area (Å²) in [6.07, 6.45) is 2.59. The Labute approximate surface area is 203 Å². The Bertz CT molecular complexity index is 1290. The van der Waals surface area contributed by atoms with Crippen molar-refractivity contribution in [1.82, 2.24) is 10.0 Å². The summed E-state index contributed by atoms with van der Waals surface area (Å²) in [5.41, 5.74) is 0.350. The number of hydrazine groups is 1. The summed E-state index contributed by atoms with van der Waals surface area (Å²) >= 11 is 5.90. The second kappa shape index (κ2) is 9.26. The lowest BCUT2D eigenvalue weighted by atomic mass is 9.82. The second-order valence-electron chi connectivity index (χ2n) is 8.39. The summed E-state index contributed by atoms with van der Waals surface area (Å²) in [4.78, 5) is 61.4. The lowest BCUT2D eigenvalue weighted by Gasteiger charge is -2.30. The summed E-state index contributed by atoms with van der Waals surface area (Å²) in [6, 6.07) is 8.51. The molecule has 1 aliphatic carbocycles. The molecule has 2 atom stereocenters. The molecule has 35 heavy (non-hydrogen) atoms. The SMILES string of the molecule is CC1=CC[C@H]2C(=O)N(N(Cc3ccc(Cl)cc3[N+](=O)[O-])C(=O)c3ccc([N+](=O)[O-])cc3)C(=O)[C@@H]2C1. The van der Waals surface area contributed by atoms with Crippen LogP contribution in [0.25, 0.3) is 0 Å². The van der Waals surface area contributed by atoms with E-state index in [1.54, 1.807) is 0 Å². The zero-order valence-electron chi connectivity index (χ0n) is 18.4. The highest BCUT2D eigenvalue weighted by molar-refractivity contribution is 6.30. The van der Waals surface area contributed by atoms with Gasteiger partial charge in [0.25, 0.3) is 29.1 Å². The van der Waals surface area contributed by atoms with Crippen molar-refractivity contribution in [2.75, 3.05) is 0 Å². The predicted molar refractivity (Wildman–Crippen MR) is 123 cm³/mol. The smallest absolute Gasteiger partial charge is 0.272 e. The number of imide groups is 1. The van der Waals surface area contributed by atoms with Crippen molar-refractivity contribution in [2.45, 2.75) is 26.3 Å².